The molecule has 2 aromatic rings. The van der Waals surface area contributed by atoms with E-state index in [0.29, 0.717) is 19.0 Å². The number of aliphatic hydroxyl groups is 1. The standard InChI is InChI=1S/C25H26ClF6N5O3/c1-13-7-14(25(30,31)32)8-20(33-13)37-19(23(39)34(2)18-4-3-17(28)21(26)22(18)29)12-36(24(37)40)11-16(38)10-35-6-5-15(27)9-35/h3-4,7-8,15-16,19,38H,5-6,9-12H2,1-2H3/t15-,16?,19-/m0/s1. The number of anilines is 2. The van der Waals surface area contributed by atoms with Crippen molar-refractivity contribution in [1.82, 2.24) is 14.8 Å². The molecule has 2 aliphatic rings. The molecule has 0 aliphatic carbocycles. The molecule has 218 valence electrons. The van der Waals surface area contributed by atoms with Crippen molar-refractivity contribution in [2.75, 3.05) is 49.6 Å². The van der Waals surface area contributed by atoms with E-state index >= 15 is 0 Å². The fraction of sp³-hybridized carbons (Fsp3) is 0.480. The van der Waals surface area contributed by atoms with E-state index in [9.17, 15) is 41.0 Å². The van der Waals surface area contributed by atoms with Crippen LogP contribution >= 0.6 is 11.6 Å². The van der Waals surface area contributed by atoms with Crippen molar-refractivity contribution in [2.24, 2.45) is 0 Å². The second-order valence-corrected chi connectivity index (χ2v) is 10.2. The number of urea groups is 1. The van der Waals surface area contributed by atoms with E-state index in [1.165, 1.54) is 6.92 Å². The number of likely N-dealkylation sites (tertiary alicyclic amines) is 1. The van der Waals surface area contributed by atoms with Crippen molar-refractivity contribution < 1.29 is 41.0 Å². The molecule has 2 aliphatic heterocycles. The van der Waals surface area contributed by atoms with E-state index in [1.807, 2.05) is 0 Å². The van der Waals surface area contributed by atoms with E-state index in [2.05, 4.69) is 4.98 Å². The number of carbonyl (C=O) groups is 2. The third-order valence-electron chi connectivity index (χ3n) is 6.80. The number of carbonyl (C=O) groups excluding carboxylic acids is 2. The predicted octanol–water partition coefficient (Wildman–Crippen LogP) is 4.02. The molecular formula is C25H26ClF6N5O3. The van der Waals surface area contributed by atoms with Crippen LogP contribution in [-0.2, 0) is 11.0 Å². The maximum absolute atomic E-state index is 14.7. The van der Waals surface area contributed by atoms with Crippen LogP contribution in [0.4, 0.5) is 42.6 Å². The lowest BCUT2D eigenvalue weighted by molar-refractivity contribution is -0.137. The molecule has 0 saturated carbocycles. The molecule has 0 radical (unpaired) electrons. The highest BCUT2D eigenvalue weighted by molar-refractivity contribution is 6.31. The largest absolute Gasteiger partial charge is 0.416 e. The van der Waals surface area contributed by atoms with E-state index in [4.69, 9.17) is 11.6 Å². The number of alkyl halides is 4. The second kappa shape index (κ2) is 11.4. The Labute approximate surface area is 230 Å². The number of aromatic nitrogens is 1. The molecule has 1 N–H and O–H groups in total. The molecular weight excluding hydrogens is 568 g/mol. The van der Waals surface area contributed by atoms with Crippen molar-refractivity contribution in [1.29, 1.82) is 0 Å². The van der Waals surface area contributed by atoms with Crippen LogP contribution in [0.2, 0.25) is 5.02 Å². The first-order valence-electron chi connectivity index (χ1n) is 12.3. The van der Waals surface area contributed by atoms with Gasteiger partial charge in [0.2, 0.25) is 0 Å². The highest BCUT2D eigenvalue weighted by atomic mass is 35.5. The highest BCUT2D eigenvalue weighted by Crippen LogP contribution is 2.35. The van der Waals surface area contributed by atoms with Crippen LogP contribution in [0.15, 0.2) is 24.3 Å². The lowest BCUT2D eigenvalue weighted by Crippen LogP contribution is -2.47. The van der Waals surface area contributed by atoms with Crippen molar-refractivity contribution in [3.05, 3.63) is 52.2 Å². The minimum Gasteiger partial charge on any atom is -0.390 e. The number of β-amino-alcohol motifs (C(OH)–C–C–N with tert-alkyl or cyclic N) is 1. The second-order valence-electron chi connectivity index (χ2n) is 9.82. The van der Waals surface area contributed by atoms with Gasteiger partial charge in [0.05, 0.1) is 23.9 Å². The van der Waals surface area contributed by atoms with Gasteiger partial charge in [-0.2, -0.15) is 13.2 Å². The molecule has 2 fully saturated rings. The van der Waals surface area contributed by atoms with E-state index in [1.54, 1.807) is 4.90 Å². The molecule has 3 heterocycles. The Hall–Kier alpha value is -3.10. The van der Waals surface area contributed by atoms with Gasteiger partial charge in [0.15, 0.2) is 5.82 Å². The summed E-state index contributed by atoms with van der Waals surface area (Å²) in [7, 11) is 1.14. The van der Waals surface area contributed by atoms with Gasteiger partial charge in [-0.25, -0.2) is 22.9 Å². The van der Waals surface area contributed by atoms with Gasteiger partial charge in [-0.05, 0) is 37.6 Å². The lowest BCUT2D eigenvalue weighted by atomic mass is 10.1. The number of halogens is 7. The minimum atomic E-state index is -4.78. The Bertz CT molecular complexity index is 1300. The number of aliphatic hydroxyl groups excluding tert-OH is 1. The van der Waals surface area contributed by atoms with Gasteiger partial charge >= 0.3 is 12.2 Å². The Balaban J connectivity index is 1.67. The number of aryl methyl sites for hydroxylation is 1. The molecule has 3 atom stereocenters. The summed E-state index contributed by atoms with van der Waals surface area (Å²) in [6.45, 7) is 1.13. The number of rotatable bonds is 7. The Morgan fingerprint density at radius 2 is 1.93 bits per heavy atom. The van der Waals surface area contributed by atoms with Gasteiger partial charge in [0, 0.05) is 38.9 Å². The zero-order valence-electron chi connectivity index (χ0n) is 21.4. The molecule has 2 saturated heterocycles. The summed E-state index contributed by atoms with van der Waals surface area (Å²) in [5.74, 6) is -3.71. The van der Waals surface area contributed by atoms with Gasteiger partial charge < -0.3 is 14.9 Å². The fourth-order valence-corrected chi connectivity index (χ4v) is 5.03. The monoisotopic (exact) mass is 593 g/mol. The summed E-state index contributed by atoms with van der Waals surface area (Å²) < 4.78 is 82.6. The fourth-order valence-electron chi connectivity index (χ4n) is 4.87. The number of pyridine rings is 1. The lowest BCUT2D eigenvalue weighted by Gasteiger charge is -2.27. The summed E-state index contributed by atoms with van der Waals surface area (Å²) in [4.78, 5) is 35.4. The van der Waals surface area contributed by atoms with E-state index < -0.39 is 76.7 Å². The molecule has 4 rings (SSSR count). The SMILES string of the molecule is Cc1cc(C(F)(F)F)cc(N2C(=O)N(CC(O)CN3CC[C@H](F)C3)C[C@H]2C(=O)N(C)c2ccc(F)c(Cl)c2F)n1. The minimum absolute atomic E-state index is 0.0307. The number of amides is 3. The molecule has 0 spiro atoms. The van der Waals surface area contributed by atoms with Crippen LogP contribution in [0.25, 0.3) is 0 Å². The molecule has 0 bridgehead atoms. The van der Waals surface area contributed by atoms with Crippen LogP contribution in [0.5, 0.6) is 0 Å². The number of hydrogen-bond acceptors (Lipinski definition) is 5. The average Bonchev–Trinajstić information content (AvgIpc) is 3.42. The summed E-state index contributed by atoms with van der Waals surface area (Å²) in [6.07, 6.45) is -6.68. The van der Waals surface area contributed by atoms with Crippen molar-refractivity contribution in [3.8, 4) is 0 Å². The van der Waals surface area contributed by atoms with Gasteiger partial charge in [-0.3, -0.25) is 14.6 Å². The quantitative estimate of drug-likeness (QED) is 0.388. The van der Waals surface area contributed by atoms with Crippen molar-refractivity contribution in [2.45, 2.75) is 37.8 Å². The maximum atomic E-state index is 14.7. The molecule has 1 unspecified atom stereocenters. The zero-order chi connectivity index (χ0) is 29.5. The Morgan fingerprint density at radius 3 is 2.55 bits per heavy atom. The first-order valence-corrected chi connectivity index (χ1v) is 12.6. The predicted molar refractivity (Wildman–Crippen MR) is 134 cm³/mol. The maximum Gasteiger partial charge on any atom is 0.416 e. The molecule has 1 aromatic heterocycles. The van der Waals surface area contributed by atoms with Gasteiger partial charge in [0.1, 0.15) is 28.9 Å². The topological polar surface area (TPSA) is 80.2 Å². The molecule has 40 heavy (non-hydrogen) atoms. The van der Waals surface area contributed by atoms with Crippen molar-refractivity contribution >= 4 is 35.0 Å². The molecule has 3 amide bonds. The number of likely N-dealkylation sites (N-methyl/N-ethyl adjacent to an activating group) is 1. The first-order chi connectivity index (χ1) is 18.7. The molecule has 15 heteroatoms. The van der Waals surface area contributed by atoms with Crippen molar-refractivity contribution in [3.63, 3.8) is 0 Å². The van der Waals surface area contributed by atoms with Crippen LogP contribution in [-0.4, -0.2) is 89.9 Å². The van der Waals surface area contributed by atoms with Crippen LogP contribution < -0.4 is 9.80 Å². The summed E-state index contributed by atoms with van der Waals surface area (Å²) in [6, 6.07) is 0.774. The third kappa shape index (κ3) is 6.13. The Kier molecular flexibility index (Phi) is 8.52. The van der Waals surface area contributed by atoms with Gasteiger partial charge in [0.25, 0.3) is 5.91 Å². The summed E-state index contributed by atoms with van der Waals surface area (Å²) >= 11 is 5.64. The van der Waals surface area contributed by atoms with Crippen LogP contribution in [0.1, 0.15) is 17.7 Å². The summed E-state index contributed by atoms with van der Waals surface area (Å²) in [5.41, 5.74) is -1.61. The Morgan fingerprint density at radius 1 is 1.23 bits per heavy atom. The highest BCUT2D eigenvalue weighted by Gasteiger charge is 2.46. The van der Waals surface area contributed by atoms with Gasteiger partial charge in [-0.15, -0.1) is 0 Å². The zero-order valence-corrected chi connectivity index (χ0v) is 22.2. The van der Waals surface area contributed by atoms with Crippen LogP contribution in [0.3, 0.4) is 0 Å². The van der Waals surface area contributed by atoms with E-state index in [0.717, 1.165) is 39.9 Å². The number of nitrogens with zero attached hydrogens (tertiary/aromatic N) is 5. The van der Waals surface area contributed by atoms with E-state index in [-0.39, 0.29) is 25.3 Å². The smallest absolute Gasteiger partial charge is 0.390 e. The van der Waals surface area contributed by atoms with Crippen LogP contribution in [0, 0.1) is 18.6 Å². The number of benzene rings is 1. The number of hydrogen-bond donors (Lipinski definition) is 1. The third-order valence-corrected chi connectivity index (χ3v) is 7.15. The first kappa shape index (κ1) is 29.9. The average molecular weight is 594 g/mol. The molecule has 8 nitrogen and oxygen atoms in total. The normalized spacial score (nSPS) is 20.9. The van der Waals surface area contributed by atoms with Gasteiger partial charge in [-0.1, -0.05) is 11.6 Å². The molecule has 1 aromatic carbocycles. The summed E-state index contributed by atoms with van der Waals surface area (Å²) in [5, 5.41) is 9.73.